The van der Waals surface area contributed by atoms with Crippen molar-refractivity contribution in [2.75, 3.05) is 44.2 Å². The van der Waals surface area contributed by atoms with Crippen molar-refractivity contribution >= 4 is 5.69 Å². The van der Waals surface area contributed by atoms with Crippen LogP contribution in [-0.2, 0) is 0 Å². The number of β-amino-alcohol motifs (C(OH)–C–C–N with tert-alkyl or cyclic N) is 1. The van der Waals surface area contributed by atoms with Crippen LogP contribution >= 0.6 is 0 Å². The minimum Gasteiger partial charge on any atom is -0.395 e. The summed E-state index contributed by atoms with van der Waals surface area (Å²) < 4.78 is 0. The number of aliphatic hydroxyl groups excluding tert-OH is 1. The molecule has 1 fully saturated rings. The molecule has 2 rings (SSSR count). The lowest BCUT2D eigenvalue weighted by Crippen LogP contribution is -2.47. The van der Waals surface area contributed by atoms with Crippen LogP contribution in [0.25, 0.3) is 0 Å². The summed E-state index contributed by atoms with van der Waals surface area (Å²) in [5, 5.41) is 17.9. The first-order valence-electron chi connectivity index (χ1n) is 5.78. The number of nitriles is 1. The van der Waals surface area contributed by atoms with Gasteiger partial charge in [0, 0.05) is 38.9 Å². The summed E-state index contributed by atoms with van der Waals surface area (Å²) in [4.78, 5) is 8.47. The summed E-state index contributed by atoms with van der Waals surface area (Å²) >= 11 is 0. The highest BCUT2D eigenvalue weighted by molar-refractivity contribution is 5.55. The van der Waals surface area contributed by atoms with Gasteiger partial charge in [0.05, 0.1) is 12.3 Å². The zero-order valence-corrected chi connectivity index (χ0v) is 9.71. The molecule has 5 heteroatoms. The van der Waals surface area contributed by atoms with Crippen LogP contribution < -0.4 is 4.90 Å². The van der Waals surface area contributed by atoms with Crippen LogP contribution in [0, 0.1) is 11.3 Å². The quantitative estimate of drug-likeness (QED) is 0.799. The number of aromatic nitrogens is 1. The van der Waals surface area contributed by atoms with Gasteiger partial charge in [0.15, 0.2) is 5.69 Å². The molecule has 0 radical (unpaired) electrons. The molecule has 5 nitrogen and oxygen atoms in total. The number of aliphatic hydroxyl groups is 1. The third-order valence-electron chi connectivity index (χ3n) is 3.02. The highest BCUT2D eigenvalue weighted by Crippen LogP contribution is 2.18. The molecule has 2 heterocycles. The number of anilines is 1. The van der Waals surface area contributed by atoms with Gasteiger partial charge in [0.2, 0.25) is 0 Å². The third kappa shape index (κ3) is 2.73. The van der Waals surface area contributed by atoms with Crippen LogP contribution in [0.3, 0.4) is 0 Å². The van der Waals surface area contributed by atoms with E-state index in [4.69, 9.17) is 10.4 Å². The lowest BCUT2D eigenvalue weighted by molar-refractivity contribution is 0.188. The SMILES string of the molecule is N#Cc1ncccc1N1CCN(CCO)CC1. The Hall–Kier alpha value is -1.64. The minimum absolute atomic E-state index is 0.205. The van der Waals surface area contributed by atoms with Crippen molar-refractivity contribution in [2.24, 2.45) is 0 Å². The highest BCUT2D eigenvalue weighted by Gasteiger charge is 2.18. The first kappa shape index (κ1) is 11.8. The van der Waals surface area contributed by atoms with Crippen LogP contribution in [0.15, 0.2) is 18.3 Å². The second-order valence-electron chi connectivity index (χ2n) is 4.04. The van der Waals surface area contributed by atoms with E-state index in [1.54, 1.807) is 6.20 Å². The first-order valence-corrected chi connectivity index (χ1v) is 5.78. The Kier molecular flexibility index (Phi) is 3.91. The van der Waals surface area contributed by atoms with Crippen molar-refractivity contribution in [3.63, 3.8) is 0 Å². The Morgan fingerprint density at radius 2 is 2.12 bits per heavy atom. The molecule has 1 aromatic heterocycles. The molecule has 0 spiro atoms. The molecule has 17 heavy (non-hydrogen) atoms. The Morgan fingerprint density at radius 3 is 2.76 bits per heavy atom. The van der Waals surface area contributed by atoms with E-state index in [1.807, 2.05) is 12.1 Å². The maximum atomic E-state index is 9.00. The normalized spacial score (nSPS) is 16.8. The molecule has 0 amide bonds. The second kappa shape index (κ2) is 5.62. The Balaban J connectivity index is 2.03. The smallest absolute Gasteiger partial charge is 0.163 e. The maximum absolute atomic E-state index is 9.00. The largest absolute Gasteiger partial charge is 0.395 e. The fourth-order valence-corrected chi connectivity index (χ4v) is 2.09. The third-order valence-corrected chi connectivity index (χ3v) is 3.02. The van der Waals surface area contributed by atoms with Gasteiger partial charge in [-0.3, -0.25) is 4.90 Å². The van der Waals surface area contributed by atoms with Gasteiger partial charge in [-0.05, 0) is 12.1 Å². The van der Waals surface area contributed by atoms with Gasteiger partial charge in [0.25, 0.3) is 0 Å². The number of pyridine rings is 1. The summed E-state index contributed by atoms with van der Waals surface area (Å²) in [6.45, 7) is 4.52. The summed E-state index contributed by atoms with van der Waals surface area (Å²) in [6.07, 6.45) is 1.64. The van der Waals surface area contributed by atoms with E-state index in [-0.39, 0.29) is 6.61 Å². The highest BCUT2D eigenvalue weighted by atomic mass is 16.3. The van der Waals surface area contributed by atoms with E-state index < -0.39 is 0 Å². The van der Waals surface area contributed by atoms with Crippen LogP contribution in [0.1, 0.15) is 5.69 Å². The van der Waals surface area contributed by atoms with Crippen LogP contribution in [0.5, 0.6) is 0 Å². The van der Waals surface area contributed by atoms with Crippen molar-refractivity contribution in [1.29, 1.82) is 5.26 Å². The van der Waals surface area contributed by atoms with Gasteiger partial charge in [-0.15, -0.1) is 0 Å². The van der Waals surface area contributed by atoms with E-state index in [9.17, 15) is 0 Å². The molecular formula is C12H16N4O. The van der Waals surface area contributed by atoms with Crippen molar-refractivity contribution < 1.29 is 5.11 Å². The molecule has 1 aliphatic heterocycles. The standard InChI is InChI=1S/C12H16N4O/c13-10-11-12(2-1-3-14-11)16-6-4-15(5-7-16)8-9-17/h1-3,17H,4-9H2. The minimum atomic E-state index is 0.205. The topological polar surface area (TPSA) is 63.4 Å². The van der Waals surface area contributed by atoms with E-state index in [1.165, 1.54) is 0 Å². The van der Waals surface area contributed by atoms with Gasteiger partial charge in [-0.25, -0.2) is 4.98 Å². The summed E-state index contributed by atoms with van der Waals surface area (Å²) in [5.41, 5.74) is 1.40. The summed E-state index contributed by atoms with van der Waals surface area (Å²) in [7, 11) is 0. The molecule has 0 aliphatic carbocycles. The number of hydrogen-bond donors (Lipinski definition) is 1. The van der Waals surface area contributed by atoms with E-state index in [2.05, 4.69) is 20.9 Å². The average Bonchev–Trinajstić information content (AvgIpc) is 2.40. The van der Waals surface area contributed by atoms with E-state index >= 15 is 0 Å². The molecule has 90 valence electrons. The molecular weight excluding hydrogens is 216 g/mol. The molecule has 0 bridgehead atoms. The Labute approximate surface area is 101 Å². The second-order valence-corrected chi connectivity index (χ2v) is 4.04. The van der Waals surface area contributed by atoms with E-state index in [0.717, 1.165) is 38.4 Å². The number of nitrogens with zero attached hydrogens (tertiary/aromatic N) is 4. The van der Waals surface area contributed by atoms with Gasteiger partial charge >= 0.3 is 0 Å². The molecule has 1 saturated heterocycles. The Bertz CT molecular complexity index is 407. The Morgan fingerprint density at radius 1 is 1.35 bits per heavy atom. The monoisotopic (exact) mass is 232 g/mol. The zero-order chi connectivity index (χ0) is 12.1. The number of piperazine rings is 1. The fraction of sp³-hybridized carbons (Fsp3) is 0.500. The average molecular weight is 232 g/mol. The van der Waals surface area contributed by atoms with Gasteiger partial charge in [0.1, 0.15) is 6.07 Å². The van der Waals surface area contributed by atoms with Crippen molar-refractivity contribution in [3.8, 4) is 6.07 Å². The zero-order valence-electron chi connectivity index (χ0n) is 9.71. The maximum Gasteiger partial charge on any atom is 0.163 e. The molecule has 1 N–H and O–H groups in total. The lowest BCUT2D eigenvalue weighted by Gasteiger charge is -2.35. The van der Waals surface area contributed by atoms with Gasteiger partial charge in [-0.2, -0.15) is 5.26 Å². The van der Waals surface area contributed by atoms with Crippen LogP contribution in [0.2, 0.25) is 0 Å². The first-order chi connectivity index (χ1) is 8.35. The molecule has 1 aliphatic rings. The van der Waals surface area contributed by atoms with Crippen molar-refractivity contribution in [2.45, 2.75) is 0 Å². The predicted molar refractivity (Wildman–Crippen MR) is 64.7 cm³/mol. The molecule has 0 saturated carbocycles. The molecule has 0 atom stereocenters. The number of hydrogen-bond acceptors (Lipinski definition) is 5. The van der Waals surface area contributed by atoms with Gasteiger partial charge < -0.3 is 10.0 Å². The van der Waals surface area contributed by atoms with Crippen molar-refractivity contribution in [3.05, 3.63) is 24.0 Å². The molecule has 1 aromatic rings. The summed E-state index contributed by atoms with van der Waals surface area (Å²) in [5.74, 6) is 0. The molecule has 0 unspecified atom stereocenters. The van der Waals surface area contributed by atoms with Crippen LogP contribution in [0.4, 0.5) is 5.69 Å². The molecule has 0 aromatic carbocycles. The fourth-order valence-electron chi connectivity index (χ4n) is 2.09. The van der Waals surface area contributed by atoms with E-state index in [0.29, 0.717) is 5.69 Å². The summed E-state index contributed by atoms with van der Waals surface area (Å²) in [6, 6.07) is 5.92. The van der Waals surface area contributed by atoms with Gasteiger partial charge in [-0.1, -0.05) is 0 Å². The number of rotatable bonds is 3. The predicted octanol–water partition coefficient (Wildman–Crippen LogP) is 0.0676. The van der Waals surface area contributed by atoms with Crippen LogP contribution in [-0.4, -0.2) is 54.3 Å². The van der Waals surface area contributed by atoms with Crippen molar-refractivity contribution in [1.82, 2.24) is 9.88 Å². The lowest BCUT2D eigenvalue weighted by atomic mass is 10.2.